The number of nitrogens with one attached hydrogen (secondary N) is 2. The molecule has 0 saturated heterocycles. The van der Waals surface area contributed by atoms with Gasteiger partial charge in [0.05, 0.1) is 16.9 Å². The van der Waals surface area contributed by atoms with Gasteiger partial charge >= 0.3 is 5.97 Å². The summed E-state index contributed by atoms with van der Waals surface area (Å²) in [5, 5.41) is 24.3. The van der Waals surface area contributed by atoms with E-state index in [0.29, 0.717) is 16.5 Å². The minimum absolute atomic E-state index is 0.109. The molecule has 2 aromatic carbocycles. The highest BCUT2D eigenvalue weighted by molar-refractivity contribution is 8.13. The van der Waals surface area contributed by atoms with E-state index in [4.69, 9.17) is 5.26 Å². The van der Waals surface area contributed by atoms with Gasteiger partial charge in [-0.2, -0.15) is 5.26 Å². The Morgan fingerprint density at radius 1 is 1.24 bits per heavy atom. The minimum atomic E-state index is -1.05. The van der Waals surface area contributed by atoms with Crippen molar-refractivity contribution in [3.05, 3.63) is 53.1 Å². The van der Waals surface area contributed by atoms with Crippen LogP contribution in [0.1, 0.15) is 21.5 Å². The number of amidine groups is 1. The fourth-order valence-electron chi connectivity index (χ4n) is 2.42. The molecule has 128 valence electrons. The van der Waals surface area contributed by atoms with Gasteiger partial charge in [0.25, 0.3) is 0 Å². The summed E-state index contributed by atoms with van der Waals surface area (Å²) in [4.78, 5) is 16.0. The highest BCUT2D eigenvalue weighted by Gasteiger charge is 2.15. The van der Waals surface area contributed by atoms with Crippen molar-refractivity contribution in [2.45, 2.75) is 13.8 Å². The number of nitriles is 1. The number of para-hydroxylation sites is 1. The number of aryl methyl sites for hydroxylation is 2. The van der Waals surface area contributed by atoms with Crippen LogP contribution >= 0.6 is 11.8 Å². The van der Waals surface area contributed by atoms with E-state index in [1.807, 2.05) is 38.2 Å². The summed E-state index contributed by atoms with van der Waals surface area (Å²) in [6, 6.07) is 10.7. The number of rotatable bonds is 4. The first-order valence-electron chi connectivity index (χ1n) is 7.44. The third-order valence-corrected chi connectivity index (χ3v) is 3.92. The zero-order valence-corrected chi connectivity index (χ0v) is 14.9. The molecule has 25 heavy (non-hydrogen) atoms. The Balaban J connectivity index is 2.56. The number of thioether (sulfide) groups is 1. The first kappa shape index (κ1) is 18.4. The molecule has 0 bridgehead atoms. The molecule has 0 unspecified atom stereocenters. The van der Waals surface area contributed by atoms with E-state index in [2.05, 4.69) is 15.6 Å². The summed E-state index contributed by atoms with van der Waals surface area (Å²) < 4.78 is 0. The van der Waals surface area contributed by atoms with E-state index in [9.17, 15) is 9.90 Å². The zero-order valence-electron chi connectivity index (χ0n) is 14.1. The van der Waals surface area contributed by atoms with Crippen LogP contribution in [0.25, 0.3) is 0 Å². The predicted molar refractivity (Wildman–Crippen MR) is 102 cm³/mol. The second-order valence-electron chi connectivity index (χ2n) is 5.36. The highest BCUT2D eigenvalue weighted by Crippen LogP contribution is 2.33. The number of nitrogens with zero attached hydrogens (tertiary/aromatic N) is 2. The van der Waals surface area contributed by atoms with Crippen molar-refractivity contribution >= 4 is 40.0 Å². The lowest BCUT2D eigenvalue weighted by Crippen LogP contribution is -2.13. The molecule has 2 rings (SSSR count). The van der Waals surface area contributed by atoms with Crippen molar-refractivity contribution in [3.63, 3.8) is 0 Å². The van der Waals surface area contributed by atoms with E-state index < -0.39 is 5.97 Å². The SMILES string of the molecule is CSC(=Nc1cccc(C(=O)O)c1Nc1cc(C)cc(C)c1)NC#N. The molecule has 0 atom stereocenters. The summed E-state index contributed by atoms with van der Waals surface area (Å²) in [6.45, 7) is 3.95. The zero-order chi connectivity index (χ0) is 18.4. The molecule has 3 N–H and O–H groups in total. The Labute approximate surface area is 150 Å². The van der Waals surface area contributed by atoms with Crippen molar-refractivity contribution in [2.75, 3.05) is 11.6 Å². The van der Waals surface area contributed by atoms with Gasteiger partial charge in [-0.25, -0.2) is 9.79 Å². The average Bonchev–Trinajstić information content (AvgIpc) is 2.54. The Kier molecular flexibility index (Phi) is 6.03. The van der Waals surface area contributed by atoms with Crippen LogP contribution in [0.4, 0.5) is 17.1 Å². The third-order valence-electron chi connectivity index (χ3n) is 3.34. The summed E-state index contributed by atoms with van der Waals surface area (Å²) in [6.07, 6.45) is 3.60. The number of hydrogen-bond acceptors (Lipinski definition) is 5. The number of carboxylic acid groups (broad SMARTS) is 1. The molecule has 0 radical (unpaired) electrons. The molecular formula is C18H18N4O2S. The summed E-state index contributed by atoms with van der Waals surface area (Å²) in [5.41, 5.74) is 3.84. The van der Waals surface area contributed by atoms with Gasteiger partial charge in [-0.15, -0.1) is 0 Å². The molecule has 0 spiro atoms. The van der Waals surface area contributed by atoms with Gasteiger partial charge in [0.2, 0.25) is 0 Å². The fourth-order valence-corrected chi connectivity index (χ4v) is 2.75. The van der Waals surface area contributed by atoms with Gasteiger partial charge < -0.3 is 10.4 Å². The lowest BCUT2D eigenvalue weighted by molar-refractivity contribution is 0.0698. The molecule has 0 saturated carbocycles. The number of aromatic carboxylic acids is 1. The second-order valence-corrected chi connectivity index (χ2v) is 6.16. The molecule has 2 aromatic rings. The molecule has 0 amide bonds. The maximum absolute atomic E-state index is 11.6. The summed E-state index contributed by atoms with van der Waals surface area (Å²) >= 11 is 1.26. The smallest absolute Gasteiger partial charge is 0.337 e. The van der Waals surface area contributed by atoms with Crippen LogP contribution in [-0.4, -0.2) is 22.5 Å². The van der Waals surface area contributed by atoms with Gasteiger partial charge in [-0.1, -0.05) is 23.9 Å². The van der Waals surface area contributed by atoms with Crippen LogP contribution in [0.2, 0.25) is 0 Å². The van der Waals surface area contributed by atoms with E-state index in [0.717, 1.165) is 16.8 Å². The van der Waals surface area contributed by atoms with Crippen molar-refractivity contribution in [1.82, 2.24) is 5.32 Å². The Morgan fingerprint density at radius 2 is 1.92 bits per heavy atom. The molecule has 0 aliphatic heterocycles. The van der Waals surface area contributed by atoms with E-state index >= 15 is 0 Å². The van der Waals surface area contributed by atoms with Crippen molar-refractivity contribution < 1.29 is 9.90 Å². The van der Waals surface area contributed by atoms with Crippen molar-refractivity contribution in [1.29, 1.82) is 5.26 Å². The number of benzene rings is 2. The number of carboxylic acids is 1. The molecule has 0 heterocycles. The van der Waals surface area contributed by atoms with Crippen LogP contribution in [0.15, 0.2) is 41.4 Å². The normalized spacial score (nSPS) is 10.9. The van der Waals surface area contributed by atoms with Crippen molar-refractivity contribution in [2.24, 2.45) is 4.99 Å². The molecule has 0 aliphatic carbocycles. The minimum Gasteiger partial charge on any atom is -0.478 e. The highest BCUT2D eigenvalue weighted by atomic mass is 32.2. The van der Waals surface area contributed by atoms with Crippen LogP contribution in [0.5, 0.6) is 0 Å². The lowest BCUT2D eigenvalue weighted by Gasteiger charge is -2.14. The quantitative estimate of drug-likeness (QED) is 0.330. The van der Waals surface area contributed by atoms with Crippen LogP contribution in [0.3, 0.4) is 0 Å². The largest absolute Gasteiger partial charge is 0.478 e. The first-order valence-corrected chi connectivity index (χ1v) is 8.66. The van der Waals surface area contributed by atoms with Gasteiger partial charge in [0, 0.05) is 5.69 Å². The molecule has 0 aliphatic rings. The third kappa shape index (κ3) is 4.75. The Morgan fingerprint density at radius 3 is 2.48 bits per heavy atom. The second kappa shape index (κ2) is 8.22. The molecular weight excluding hydrogens is 336 g/mol. The maximum Gasteiger partial charge on any atom is 0.337 e. The van der Waals surface area contributed by atoms with E-state index in [1.54, 1.807) is 18.4 Å². The number of anilines is 2. The van der Waals surface area contributed by atoms with Crippen LogP contribution in [0, 0.1) is 25.3 Å². The van der Waals surface area contributed by atoms with Crippen molar-refractivity contribution in [3.8, 4) is 6.19 Å². The monoisotopic (exact) mass is 354 g/mol. The van der Waals surface area contributed by atoms with Gasteiger partial charge in [-0.3, -0.25) is 5.32 Å². The molecule has 0 aromatic heterocycles. The predicted octanol–water partition coefficient (Wildman–Crippen LogP) is 4.17. The molecule has 6 nitrogen and oxygen atoms in total. The van der Waals surface area contributed by atoms with E-state index in [-0.39, 0.29) is 5.56 Å². The topological polar surface area (TPSA) is 97.5 Å². The molecule has 0 fully saturated rings. The van der Waals surface area contributed by atoms with E-state index in [1.165, 1.54) is 17.8 Å². The first-order chi connectivity index (χ1) is 11.9. The summed E-state index contributed by atoms with van der Waals surface area (Å²) in [7, 11) is 0. The summed E-state index contributed by atoms with van der Waals surface area (Å²) in [5.74, 6) is -1.05. The van der Waals surface area contributed by atoms with Crippen LogP contribution < -0.4 is 10.6 Å². The van der Waals surface area contributed by atoms with Crippen LogP contribution in [-0.2, 0) is 0 Å². The Hall–Kier alpha value is -2.98. The van der Waals surface area contributed by atoms with Gasteiger partial charge in [0.1, 0.15) is 0 Å². The van der Waals surface area contributed by atoms with Gasteiger partial charge in [0.15, 0.2) is 11.4 Å². The lowest BCUT2D eigenvalue weighted by atomic mass is 10.1. The average molecular weight is 354 g/mol. The molecule has 7 heteroatoms. The number of hydrogen-bond donors (Lipinski definition) is 3. The fraction of sp³-hybridized carbons (Fsp3) is 0.167. The maximum atomic E-state index is 11.6. The standard InChI is InChI=1S/C18H18N4O2S/c1-11-7-12(2)9-13(8-11)21-16-14(17(23)24)5-4-6-15(16)22-18(25-3)20-10-19/h4-9,21H,1-3H3,(H,20,22)(H,23,24). The van der Waals surface area contributed by atoms with Gasteiger partial charge in [-0.05, 0) is 55.5 Å². The number of carbonyl (C=O) groups is 1. The Bertz CT molecular complexity index is 852. The number of aliphatic imine (C=N–C) groups is 1.